The van der Waals surface area contributed by atoms with Crippen LogP contribution in [-0.4, -0.2) is 49.3 Å². The average molecular weight is 759 g/mol. The molecule has 0 amide bonds. The van der Waals surface area contributed by atoms with Gasteiger partial charge in [0.25, 0.3) is 0 Å². The molecule has 1 N–H and O–H groups in total. The summed E-state index contributed by atoms with van der Waals surface area (Å²) in [5.41, 5.74) is -7.83. The predicted octanol–water partition coefficient (Wildman–Crippen LogP) is 7.31. The highest BCUT2D eigenvalue weighted by Crippen LogP contribution is 2.56. The van der Waals surface area contributed by atoms with E-state index in [0.717, 1.165) is 12.1 Å². The van der Waals surface area contributed by atoms with Gasteiger partial charge in [-0.15, -0.1) is 0 Å². The number of rotatable bonds is 6. The number of sulfone groups is 1. The predicted molar refractivity (Wildman–Crippen MR) is 150 cm³/mol. The summed E-state index contributed by atoms with van der Waals surface area (Å²) in [6.07, 6.45) is -13.1. The highest BCUT2D eigenvalue weighted by Gasteiger charge is 2.73. The molecule has 0 bridgehead atoms. The number of aromatic carboxylic acids is 1. The summed E-state index contributed by atoms with van der Waals surface area (Å²) in [5, 5.41) is 9.15. The number of carboxylic acid groups (broad SMARTS) is 1. The first kappa shape index (κ1) is 32.6. The van der Waals surface area contributed by atoms with Crippen molar-refractivity contribution < 1.29 is 53.4 Å². The first-order valence-corrected chi connectivity index (χ1v) is 15.6. The van der Waals surface area contributed by atoms with Gasteiger partial charge < -0.3 is 5.11 Å². The van der Waals surface area contributed by atoms with Crippen LogP contribution in [0.3, 0.4) is 0 Å². The summed E-state index contributed by atoms with van der Waals surface area (Å²) in [6, 6.07) is 9.74. The zero-order valence-electron chi connectivity index (χ0n) is 22.3. The number of halogens is 9. The maximum atomic E-state index is 15.0. The normalized spacial score (nSPS) is 21.2. The summed E-state index contributed by atoms with van der Waals surface area (Å²) in [6.45, 7) is -0.1000. The first-order valence-electron chi connectivity index (χ1n) is 13.1. The average Bonchev–Trinajstić information content (AvgIpc) is 3.32. The second kappa shape index (κ2) is 10.9. The molecule has 1 heterocycles. The molecule has 44 heavy (non-hydrogen) atoms. The van der Waals surface area contributed by atoms with Crippen molar-refractivity contribution >= 4 is 38.4 Å². The third-order valence-electron chi connectivity index (χ3n) is 8.45. The van der Waals surface area contributed by atoms with Crippen LogP contribution in [0.5, 0.6) is 0 Å². The Morgan fingerprint density at radius 3 is 2.16 bits per heavy atom. The van der Waals surface area contributed by atoms with Crippen LogP contribution in [0.15, 0.2) is 65.6 Å². The third-order valence-corrected chi connectivity index (χ3v) is 11.7. The summed E-state index contributed by atoms with van der Waals surface area (Å²) >= 11 is 1.96. The standard InChI is InChI=1S/C29H22F8INO4S/c30-23-14-17(25(40)41)1-2-18(23)15-39-12-11-26(44(42,43)21-7-5-20(38)6-8-21)22-9-4-19(13-16(22)3-10-24(26)39)27(31,28(32,33)34)29(35,36)37/h1-2,4-9,13-14,24H,3,10-12,15H2,(H,40,41)/t24-,26-/m1/s1. The Hall–Kier alpha value is -2.79. The maximum Gasteiger partial charge on any atom is 0.435 e. The van der Waals surface area contributed by atoms with E-state index < -0.39 is 56.0 Å². The molecule has 5 nitrogen and oxygen atoms in total. The highest BCUT2D eigenvalue weighted by molar-refractivity contribution is 14.1. The molecular formula is C29H22F8INO4S. The fourth-order valence-electron chi connectivity index (χ4n) is 6.36. The van der Waals surface area contributed by atoms with E-state index in [0.29, 0.717) is 15.7 Å². The number of hydrogen-bond donors (Lipinski definition) is 1. The van der Waals surface area contributed by atoms with E-state index in [1.807, 2.05) is 22.6 Å². The summed E-state index contributed by atoms with van der Waals surface area (Å²) < 4.78 is 139. The fourth-order valence-corrected chi connectivity index (χ4v) is 9.11. The second-order valence-corrected chi connectivity index (χ2v) is 14.2. The minimum atomic E-state index is -6.34. The molecule has 1 fully saturated rings. The van der Waals surface area contributed by atoms with Crippen LogP contribution >= 0.6 is 22.6 Å². The van der Waals surface area contributed by atoms with Gasteiger partial charge in [-0.2, -0.15) is 26.3 Å². The minimum absolute atomic E-state index is 0.0491. The second-order valence-electron chi connectivity index (χ2n) is 10.8. The number of alkyl halides is 7. The van der Waals surface area contributed by atoms with Crippen molar-refractivity contribution in [3.63, 3.8) is 0 Å². The van der Waals surface area contributed by atoms with Crippen molar-refractivity contribution in [3.8, 4) is 0 Å². The van der Waals surface area contributed by atoms with Crippen LogP contribution in [0.1, 0.15) is 45.5 Å². The van der Waals surface area contributed by atoms with Crippen molar-refractivity contribution in [2.24, 2.45) is 0 Å². The molecule has 15 heteroatoms. The van der Waals surface area contributed by atoms with Crippen LogP contribution in [-0.2, 0) is 33.2 Å². The number of carboxylic acids is 1. The van der Waals surface area contributed by atoms with Crippen LogP contribution in [0.25, 0.3) is 0 Å². The van der Waals surface area contributed by atoms with Gasteiger partial charge in [0.1, 0.15) is 10.6 Å². The lowest BCUT2D eigenvalue weighted by Crippen LogP contribution is -2.52. The molecule has 1 saturated heterocycles. The van der Waals surface area contributed by atoms with E-state index in [9.17, 15) is 48.3 Å². The summed E-state index contributed by atoms with van der Waals surface area (Å²) in [5.74, 6) is -2.20. The van der Waals surface area contributed by atoms with Gasteiger partial charge >= 0.3 is 24.0 Å². The molecule has 236 valence electrons. The van der Waals surface area contributed by atoms with Crippen LogP contribution < -0.4 is 0 Å². The first-order chi connectivity index (χ1) is 20.3. The summed E-state index contributed by atoms with van der Waals surface area (Å²) in [4.78, 5) is 12.7. The van der Waals surface area contributed by atoms with Crippen molar-refractivity contribution in [3.05, 3.63) is 97.9 Å². The Balaban J connectivity index is 1.66. The monoisotopic (exact) mass is 759 g/mol. The Morgan fingerprint density at radius 1 is 0.955 bits per heavy atom. The number of aryl methyl sites for hydroxylation is 1. The maximum absolute atomic E-state index is 15.0. The molecule has 3 aromatic rings. The molecule has 2 atom stereocenters. The van der Waals surface area contributed by atoms with Crippen molar-refractivity contribution in [2.75, 3.05) is 6.54 Å². The minimum Gasteiger partial charge on any atom is -0.478 e. The van der Waals surface area contributed by atoms with Crippen LogP contribution in [0.4, 0.5) is 35.1 Å². The van der Waals surface area contributed by atoms with Gasteiger partial charge in [-0.05, 0) is 89.4 Å². The van der Waals surface area contributed by atoms with Gasteiger partial charge in [-0.1, -0.05) is 24.3 Å². The van der Waals surface area contributed by atoms with Crippen LogP contribution in [0.2, 0.25) is 0 Å². The lowest BCUT2D eigenvalue weighted by molar-refractivity contribution is -0.348. The van der Waals surface area contributed by atoms with Gasteiger partial charge in [0.15, 0.2) is 9.84 Å². The molecule has 0 saturated carbocycles. The van der Waals surface area contributed by atoms with Gasteiger partial charge in [-0.25, -0.2) is 22.0 Å². The summed E-state index contributed by atoms with van der Waals surface area (Å²) in [7, 11) is -4.40. The lowest BCUT2D eigenvalue weighted by Gasteiger charge is -2.43. The Kier molecular flexibility index (Phi) is 8.10. The molecule has 3 aromatic carbocycles. The zero-order valence-corrected chi connectivity index (χ0v) is 25.3. The largest absolute Gasteiger partial charge is 0.478 e. The molecule has 0 radical (unpaired) electrons. The highest BCUT2D eigenvalue weighted by atomic mass is 127. The number of likely N-dealkylation sites (tertiary alicyclic amines) is 1. The quantitative estimate of drug-likeness (QED) is 0.211. The van der Waals surface area contributed by atoms with Crippen molar-refractivity contribution in [2.45, 2.75) is 59.5 Å². The third kappa shape index (κ3) is 4.98. The van der Waals surface area contributed by atoms with E-state index in [2.05, 4.69) is 0 Å². The Bertz CT molecular complexity index is 1710. The van der Waals surface area contributed by atoms with E-state index in [4.69, 9.17) is 5.11 Å². The SMILES string of the molecule is O=C(O)c1ccc(CN2CC[C@@]3(S(=O)(=O)c4ccc(I)cc4)c4ccc(C(F)(C(F)(F)F)C(F)(F)F)cc4CC[C@@H]23)c(F)c1. The molecule has 0 unspecified atom stereocenters. The molecular weight excluding hydrogens is 737 g/mol. The molecule has 0 aromatic heterocycles. The number of fused-ring (bicyclic) bond motifs is 3. The Morgan fingerprint density at radius 2 is 1.59 bits per heavy atom. The molecule has 0 spiro atoms. The Labute approximate surface area is 259 Å². The van der Waals surface area contributed by atoms with Gasteiger partial charge in [0.05, 0.1) is 10.5 Å². The number of benzene rings is 3. The van der Waals surface area contributed by atoms with Gasteiger partial charge in [0.2, 0.25) is 0 Å². The van der Waals surface area contributed by atoms with Gasteiger partial charge in [0, 0.05) is 33.8 Å². The molecule has 1 aliphatic carbocycles. The molecule has 5 rings (SSSR count). The molecule has 2 aliphatic rings. The number of nitrogens with zero attached hydrogens (tertiary/aromatic N) is 1. The molecule has 1 aliphatic heterocycles. The van der Waals surface area contributed by atoms with E-state index in [-0.39, 0.29) is 59.5 Å². The number of hydrogen-bond acceptors (Lipinski definition) is 4. The fraction of sp³-hybridized carbons (Fsp3) is 0.345. The smallest absolute Gasteiger partial charge is 0.435 e. The van der Waals surface area contributed by atoms with E-state index in [1.54, 1.807) is 4.90 Å². The topological polar surface area (TPSA) is 74.7 Å². The number of carbonyl (C=O) groups is 1. The van der Waals surface area contributed by atoms with Gasteiger partial charge in [-0.3, -0.25) is 4.90 Å². The van der Waals surface area contributed by atoms with E-state index in [1.165, 1.54) is 36.4 Å². The zero-order chi connectivity index (χ0) is 32.5. The van der Waals surface area contributed by atoms with Crippen molar-refractivity contribution in [1.82, 2.24) is 4.90 Å². The lowest BCUT2D eigenvalue weighted by atomic mass is 9.76. The van der Waals surface area contributed by atoms with E-state index >= 15 is 0 Å². The van der Waals surface area contributed by atoms with Crippen molar-refractivity contribution in [1.29, 1.82) is 0 Å². The van der Waals surface area contributed by atoms with Crippen LogP contribution in [0, 0.1) is 9.39 Å².